The maximum absolute atomic E-state index is 11.4. The first kappa shape index (κ1) is 10.2. The summed E-state index contributed by atoms with van der Waals surface area (Å²) in [5.41, 5.74) is 1.11. The Morgan fingerprint density at radius 3 is 3.07 bits per heavy atom. The number of piperazine rings is 1. The number of nitrogens with zero attached hydrogens (tertiary/aromatic N) is 2. The zero-order valence-electron chi connectivity index (χ0n) is 9.03. The molecule has 2 heterocycles. The summed E-state index contributed by atoms with van der Waals surface area (Å²) in [7, 11) is 1.96. The summed E-state index contributed by atoms with van der Waals surface area (Å²) in [5, 5.41) is 6.23. The Hall–Kier alpha value is -1.36. The maximum Gasteiger partial charge on any atom is 0.237 e. The highest BCUT2D eigenvalue weighted by molar-refractivity contribution is 5.82. The highest BCUT2D eigenvalue weighted by Gasteiger charge is 2.28. The molecule has 2 rings (SSSR count). The minimum atomic E-state index is -0.0846. The van der Waals surface area contributed by atoms with Crippen LogP contribution in [0.2, 0.25) is 0 Å². The molecule has 2 atom stereocenters. The van der Waals surface area contributed by atoms with Gasteiger partial charge in [-0.2, -0.15) is 0 Å². The number of nitrogens with one attached hydrogen (secondary N) is 2. The first-order chi connectivity index (χ1) is 7.22. The second-order valence-corrected chi connectivity index (χ2v) is 3.85. The van der Waals surface area contributed by atoms with Gasteiger partial charge in [-0.3, -0.25) is 10.1 Å². The average molecular weight is 208 g/mol. The molecule has 1 aliphatic rings. The van der Waals surface area contributed by atoms with Crippen molar-refractivity contribution in [1.29, 1.82) is 0 Å². The van der Waals surface area contributed by atoms with Crippen molar-refractivity contribution < 1.29 is 4.79 Å². The van der Waals surface area contributed by atoms with Crippen LogP contribution in [0.3, 0.4) is 0 Å². The first-order valence-corrected chi connectivity index (χ1v) is 5.22. The summed E-state index contributed by atoms with van der Waals surface area (Å²) in [6, 6.07) is 0.0822. The molecule has 2 unspecified atom stereocenters. The predicted molar refractivity (Wildman–Crippen MR) is 56.2 cm³/mol. The van der Waals surface area contributed by atoms with Crippen LogP contribution in [0.5, 0.6) is 0 Å². The molecule has 1 aliphatic heterocycles. The monoisotopic (exact) mass is 208 g/mol. The van der Waals surface area contributed by atoms with Crippen molar-refractivity contribution in [2.24, 2.45) is 7.05 Å². The Bertz CT molecular complexity index is 360. The van der Waals surface area contributed by atoms with Gasteiger partial charge in [0.05, 0.1) is 24.1 Å². The van der Waals surface area contributed by atoms with Crippen LogP contribution in [0.4, 0.5) is 0 Å². The fraction of sp³-hybridized carbons (Fsp3) is 0.600. The Balaban J connectivity index is 2.13. The third kappa shape index (κ3) is 1.87. The van der Waals surface area contributed by atoms with Crippen LogP contribution >= 0.6 is 0 Å². The second-order valence-electron chi connectivity index (χ2n) is 3.85. The third-order valence-electron chi connectivity index (χ3n) is 2.82. The van der Waals surface area contributed by atoms with Gasteiger partial charge in [0.15, 0.2) is 0 Å². The van der Waals surface area contributed by atoms with E-state index >= 15 is 0 Å². The highest BCUT2D eigenvalue weighted by Crippen LogP contribution is 2.15. The molecule has 1 fully saturated rings. The minimum Gasteiger partial charge on any atom is -0.353 e. The quantitative estimate of drug-likeness (QED) is 0.717. The molecule has 1 saturated heterocycles. The molecule has 15 heavy (non-hydrogen) atoms. The van der Waals surface area contributed by atoms with E-state index in [1.807, 2.05) is 24.7 Å². The van der Waals surface area contributed by atoms with Gasteiger partial charge in [-0.05, 0) is 6.42 Å². The molecule has 1 amide bonds. The molecular formula is C10H16N4O. The van der Waals surface area contributed by atoms with Crippen molar-refractivity contribution in [3.8, 4) is 0 Å². The number of aromatic nitrogens is 2. The van der Waals surface area contributed by atoms with Gasteiger partial charge in [0, 0.05) is 19.8 Å². The van der Waals surface area contributed by atoms with E-state index in [2.05, 4.69) is 15.6 Å². The SMILES string of the molecule is CCC1NC(c2cncn2C)CNC1=O. The van der Waals surface area contributed by atoms with Gasteiger partial charge in [-0.15, -0.1) is 0 Å². The Morgan fingerprint density at radius 2 is 2.47 bits per heavy atom. The van der Waals surface area contributed by atoms with Gasteiger partial charge in [-0.1, -0.05) is 6.92 Å². The van der Waals surface area contributed by atoms with E-state index in [1.165, 1.54) is 0 Å². The van der Waals surface area contributed by atoms with Crippen LogP contribution in [0.25, 0.3) is 0 Å². The summed E-state index contributed by atoms with van der Waals surface area (Å²) in [5.74, 6) is 0.0934. The van der Waals surface area contributed by atoms with E-state index in [1.54, 1.807) is 6.33 Å². The number of carbonyl (C=O) groups is 1. The molecule has 0 aromatic carbocycles. The summed E-state index contributed by atoms with van der Waals surface area (Å²) >= 11 is 0. The van der Waals surface area contributed by atoms with Gasteiger partial charge in [-0.25, -0.2) is 4.98 Å². The molecule has 0 saturated carbocycles. The van der Waals surface area contributed by atoms with Crippen LogP contribution in [-0.2, 0) is 11.8 Å². The van der Waals surface area contributed by atoms with Crippen molar-refractivity contribution in [3.05, 3.63) is 18.2 Å². The lowest BCUT2D eigenvalue weighted by molar-refractivity contribution is -0.125. The molecule has 5 nitrogen and oxygen atoms in total. The summed E-state index contributed by atoms with van der Waals surface area (Å²) in [6.07, 6.45) is 4.41. The standard InChI is InChI=1S/C10H16N4O/c1-3-7-10(15)12-4-8(13-7)9-5-11-6-14(9)2/h5-8,13H,3-4H2,1-2H3,(H,12,15). The molecule has 82 valence electrons. The molecule has 0 aliphatic carbocycles. The summed E-state index contributed by atoms with van der Waals surface area (Å²) < 4.78 is 1.97. The second kappa shape index (κ2) is 4.02. The molecule has 1 aromatic heterocycles. The third-order valence-corrected chi connectivity index (χ3v) is 2.82. The average Bonchev–Trinajstić information content (AvgIpc) is 2.65. The Labute approximate surface area is 88.9 Å². The van der Waals surface area contributed by atoms with E-state index in [9.17, 15) is 4.79 Å². The number of amides is 1. The molecule has 2 N–H and O–H groups in total. The molecular weight excluding hydrogens is 192 g/mol. The number of hydrogen-bond donors (Lipinski definition) is 2. The maximum atomic E-state index is 11.4. The summed E-state index contributed by atoms with van der Waals surface area (Å²) in [4.78, 5) is 15.5. The van der Waals surface area contributed by atoms with Crippen molar-refractivity contribution in [1.82, 2.24) is 20.2 Å². The van der Waals surface area contributed by atoms with Crippen LogP contribution in [0.15, 0.2) is 12.5 Å². The Morgan fingerprint density at radius 1 is 1.67 bits per heavy atom. The lowest BCUT2D eigenvalue weighted by atomic mass is 10.1. The zero-order valence-corrected chi connectivity index (χ0v) is 9.03. The van der Waals surface area contributed by atoms with E-state index in [0.717, 1.165) is 12.1 Å². The molecule has 0 bridgehead atoms. The largest absolute Gasteiger partial charge is 0.353 e. The van der Waals surface area contributed by atoms with Crippen molar-refractivity contribution in [2.75, 3.05) is 6.54 Å². The van der Waals surface area contributed by atoms with Gasteiger partial charge in [0.2, 0.25) is 5.91 Å². The Kier molecular flexibility index (Phi) is 2.73. The van der Waals surface area contributed by atoms with Crippen LogP contribution < -0.4 is 10.6 Å². The van der Waals surface area contributed by atoms with Gasteiger partial charge in [0.1, 0.15) is 0 Å². The van der Waals surface area contributed by atoms with Crippen molar-refractivity contribution in [3.63, 3.8) is 0 Å². The molecule has 1 aromatic rings. The molecule has 0 spiro atoms. The van der Waals surface area contributed by atoms with Crippen molar-refractivity contribution >= 4 is 5.91 Å². The lowest BCUT2D eigenvalue weighted by Crippen LogP contribution is -2.54. The topological polar surface area (TPSA) is 59.0 Å². The predicted octanol–water partition coefficient (Wildman–Crippen LogP) is -0.0408. The fourth-order valence-electron chi connectivity index (χ4n) is 1.90. The number of rotatable bonds is 2. The van der Waals surface area contributed by atoms with E-state index in [0.29, 0.717) is 6.54 Å². The van der Waals surface area contributed by atoms with E-state index in [4.69, 9.17) is 0 Å². The van der Waals surface area contributed by atoms with Crippen LogP contribution in [0.1, 0.15) is 25.1 Å². The fourth-order valence-corrected chi connectivity index (χ4v) is 1.90. The van der Waals surface area contributed by atoms with E-state index < -0.39 is 0 Å². The normalized spacial score (nSPS) is 26.4. The highest BCUT2D eigenvalue weighted by atomic mass is 16.2. The van der Waals surface area contributed by atoms with Gasteiger partial charge < -0.3 is 9.88 Å². The van der Waals surface area contributed by atoms with E-state index in [-0.39, 0.29) is 18.0 Å². The lowest BCUT2D eigenvalue weighted by Gasteiger charge is -2.30. The van der Waals surface area contributed by atoms with Crippen LogP contribution in [-0.4, -0.2) is 28.0 Å². The first-order valence-electron chi connectivity index (χ1n) is 5.22. The van der Waals surface area contributed by atoms with Gasteiger partial charge in [0.25, 0.3) is 0 Å². The number of aryl methyl sites for hydroxylation is 1. The number of imidazole rings is 1. The zero-order chi connectivity index (χ0) is 10.8. The molecule has 5 heteroatoms. The van der Waals surface area contributed by atoms with Crippen LogP contribution in [0, 0.1) is 0 Å². The smallest absolute Gasteiger partial charge is 0.237 e. The van der Waals surface area contributed by atoms with Gasteiger partial charge >= 0.3 is 0 Å². The number of carbonyl (C=O) groups excluding carboxylic acids is 1. The molecule has 0 radical (unpaired) electrons. The van der Waals surface area contributed by atoms with Crippen molar-refractivity contribution in [2.45, 2.75) is 25.4 Å². The minimum absolute atomic E-state index is 0.0846. The number of hydrogen-bond acceptors (Lipinski definition) is 3. The summed E-state index contributed by atoms with van der Waals surface area (Å²) in [6.45, 7) is 2.64.